The minimum absolute atomic E-state index is 0.0923. The van der Waals surface area contributed by atoms with Crippen LogP contribution < -0.4 is 10.1 Å². The van der Waals surface area contributed by atoms with Gasteiger partial charge in [-0.25, -0.2) is 0 Å². The molecule has 0 aliphatic heterocycles. The van der Waals surface area contributed by atoms with Crippen molar-refractivity contribution in [1.82, 2.24) is 14.8 Å². The molecule has 1 unspecified atom stereocenters. The highest BCUT2D eigenvalue weighted by Gasteiger charge is 2.21. The lowest BCUT2D eigenvalue weighted by molar-refractivity contribution is -0.113. The lowest BCUT2D eigenvalue weighted by atomic mass is 10.0. The third-order valence-corrected chi connectivity index (χ3v) is 6.73. The number of anilines is 1. The number of rotatable bonds is 11. The van der Waals surface area contributed by atoms with Crippen molar-refractivity contribution in [3.05, 3.63) is 76.0 Å². The molecule has 0 aliphatic carbocycles. The van der Waals surface area contributed by atoms with Gasteiger partial charge in [-0.3, -0.25) is 9.36 Å². The molecule has 2 aromatic carbocycles. The Labute approximate surface area is 214 Å². The zero-order valence-electron chi connectivity index (χ0n) is 19.5. The Balaban J connectivity index is 1.73. The molecule has 0 aliphatic rings. The molecule has 6 nitrogen and oxygen atoms in total. The van der Waals surface area contributed by atoms with E-state index < -0.39 is 6.10 Å². The first kappa shape index (κ1) is 26.1. The quantitative estimate of drug-likeness (QED) is 0.224. The van der Waals surface area contributed by atoms with Crippen LogP contribution in [0.2, 0.25) is 10.0 Å². The van der Waals surface area contributed by atoms with Gasteiger partial charge < -0.3 is 10.1 Å². The van der Waals surface area contributed by atoms with E-state index in [9.17, 15) is 4.79 Å². The highest BCUT2D eigenvalue weighted by atomic mass is 35.5. The standard InChI is InChI=1S/C25H28Cl2N4O2S/c1-5-13-31-24(16(4)33-21-14-19(26)11-12-20(21)27)29-30-25(31)34-15-22(32)28-23-17(6-2)9-8-10-18(23)7-3/h5,8-12,14,16H,1,6-7,13,15H2,2-4H3,(H,28,32). The first-order chi connectivity index (χ1) is 16.4. The second-order valence-corrected chi connectivity index (χ2v) is 9.36. The molecule has 0 fully saturated rings. The van der Waals surface area contributed by atoms with Gasteiger partial charge in [-0.2, -0.15) is 0 Å². The predicted octanol–water partition coefficient (Wildman–Crippen LogP) is 6.77. The summed E-state index contributed by atoms with van der Waals surface area (Å²) in [5, 5.41) is 13.3. The minimum atomic E-state index is -0.449. The molecule has 3 rings (SSSR count). The molecule has 1 amide bonds. The van der Waals surface area contributed by atoms with Crippen molar-refractivity contribution in [3.8, 4) is 5.75 Å². The maximum atomic E-state index is 12.8. The van der Waals surface area contributed by atoms with E-state index in [0.29, 0.717) is 33.3 Å². The van der Waals surface area contributed by atoms with Crippen LogP contribution in [0.25, 0.3) is 0 Å². The molecule has 0 radical (unpaired) electrons. The van der Waals surface area contributed by atoms with E-state index in [1.54, 1.807) is 24.3 Å². The molecule has 1 N–H and O–H groups in total. The normalized spacial score (nSPS) is 11.8. The largest absolute Gasteiger partial charge is 0.481 e. The number of hydrogen-bond acceptors (Lipinski definition) is 5. The number of para-hydroxylation sites is 1. The number of benzene rings is 2. The van der Waals surface area contributed by atoms with Gasteiger partial charge in [0.25, 0.3) is 0 Å². The van der Waals surface area contributed by atoms with Gasteiger partial charge in [0, 0.05) is 23.3 Å². The Hall–Kier alpha value is -2.48. The summed E-state index contributed by atoms with van der Waals surface area (Å²) in [5.41, 5.74) is 3.16. The molecule has 3 aromatic rings. The van der Waals surface area contributed by atoms with Crippen molar-refractivity contribution in [1.29, 1.82) is 0 Å². The zero-order valence-corrected chi connectivity index (χ0v) is 21.8. The van der Waals surface area contributed by atoms with Gasteiger partial charge in [-0.05, 0) is 43.0 Å². The van der Waals surface area contributed by atoms with E-state index in [2.05, 4.69) is 35.9 Å². The van der Waals surface area contributed by atoms with Gasteiger partial charge in [0.05, 0.1) is 10.8 Å². The number of thioether (sulfide) groups is 1. The van der Waals surface area contributed by atoms with Crippen LogP contribution in [0.5, 0.6) is 5.75 Å². The molecule has 0 saturated carbocycles. The van der Waals surface area contributed by atoms with Gasteiger partial charge in [0.1, 0.15) is 5.75 Å². The minimum Gasteiger partial charge on any atom is -0.481 e. The molecule has 0 spiro atoms. The molecular weight excluding hydrogens is 491 g/mol. The summed E-state index contributed by atoms with van der Waals surface area (Å²) in [6.07, 6.45) is 3.00. The van der Waals surface area contributed by atoms with E-state index in [1.807, 2.05) is 29.7 Å². The van der Waals surface area contributed by atoms with Crippen LogP contribution in [0, 0.1) is 0 Å². The second kappa shape index (κ2) is 12.3. The molecule has 9 heteroatoms. The zero-order chi connectivity index (χ0) is 24.7. The third-order valence-electron chi connectivity index (χ3n) is 5.21. The third kappa shape index (κ3) is 6.34. The van der Waals surface area contributed by atoms with Gasteiger partial charge in [0.15, 0.2) is 17.1 Å². The van der Waals surface area contributed by atoms with Crippen molar-refractivity contribution in [3.63, 3.8) is 0 Å². The van der Waals surface area contributed by atoms with Gasteiger partial charge in [0.2, 0.25) is 5.91 Å². The average molecular weight is 519 g/mol. The van der Waals surface area contributed by atoms with Gasteiger partial charge >= 0.3 is 0 Å². The average Bonchev–Trinajstić information content (AvgIpc) is 3.23. The predicted molar refractivity (Wildman–Crippen MR) is 140 cm³/mol. The van der Waals surface area contributed by atoms with Crippen LogP contribution in [0.4, 0.5) is 5.69 Å². The molecule has 180 valence electrons. The molecule has 34 heavy (non-hydrogen) atoms. The lowest BCUT2D eigenvalue weighted by Gasteiger charge is -2.17. The number of aromatic nitrogens is 3. The van der Waals surface area contributed by atoms with Crippen molar-refractivity contribution in [2.24, 2.45) is 0 Å². The first-order valence-electron chi connectivity index (χ1n) is 11.1. The number of amides is 1. The highest BCUT2D eigenvalue weighted by molar-refractivity contribution is 7.99. The summed E-state index contributed by atoms with van der Waals surface area (Å²) in [7, 11) is 0. The fraction of sp³-hybridized carbons (Fsp3) is 0.320. The Morgan fingerprint density at radius 1 is 1.21 bits per heavy atom. The van der Waals surface area contributed by atoms with Crippen LogP contribution in [-0.4, -0.2) is 26.4 Å². The Morgan fingerprint density at radius 3 is 2.56 bits per heavy atom. The Kier molecular flexibility index (Phi) is 9.45. The van der Waals surface area contributed by atoms with E-state index in [-0.39, 0.29) is 11.7 Å². The summed E-state index contributed by atoms with van der Waals surface area (Å²) in [6.45, 7) is 10.3. The van der Waals surface area contributed by atoms with Crippen molar-refractivity contribution in [2.75, 3.05) is 11.1 Å². The molecular formula is C25H28Cl2N4O2S. The number of aryl methyl sites for hydroxylation is 2. The van der Waals surface area contributed by atoms with Crippen molar-refractivity contribution < 1.29 is 9.53 Å². The summed E-state index contributed by atoms with van der Waals surface area (Å²) < 4.78 is 7.89. The number of allylic oxidation sites excluding steroid dienone is 1. The molecule has 0 saturated heterocycles. The van der Waals surface area contributed by atoms with Crippen LogP contribution >= 0.6 is 35.0 Å². The fourth-order valence-electron chi connectivity index (χ4n) is 3.53. The van der Waals surface area contributed by atoms with Crippen LogP contribution in [0.15, 0.2) is 54.2 Å². The lowest BCUT2D eigenvalue weighted by Crippen LogP contribution is -2.17. The Morgan fingerprint density at radius 2 is 1.91 bits per heavy atom. The van der Waals surface area contributed by atoms with E-state index in [0.717, 1.165) is 29.7 Å². The fourth-order valence-corrected chi connectivity index (χ4v) is 4.61. The maximum Gasteiger partial charge on any atom is 0.234 e. The van der Waals surface area contributed by atoms with E-state index in [1.165, 1.54) is 11.8 Å². The molecule has 0 bridgehead atoms. The van der Waals surface area contributed by atoms with Crippen molar-refractivity contribution in [2.45, 2.75) is 51.4 Å². The Bertz CT molecular complexity index is 1140. The number of nitrogens with one attached hydrogen (secondary N) is 1. The summed E-state index contributed by atoms with van der Waals surface area (Å²) in [5.74, 6) is 1.17. The smallest absolute Gasteiger partial charge is 0.234 e. The number of halogens is 2. The maximum absolute atomic E-state index is 12.8. The topological polar surface area (TPSA) is 69.0 Å². The number of carbonyl (C=O) groups excluding carboxylic acids is 1. The summed E-state index contributed by atoms with van der Waals surface area (Å²) in [6, 6.07) is 11.2. The molecule has 1 aromatic heterocycles. The van der Waals surface area contributed by atoms with E-state index in [4.69, 9.17) is 27.9 Å². The second-order valence-electron chi connectivity index (χ2n) is 7.57. The van der Waals surface area contributed by atoms with Crippen LogP contribution in [0.1, 0.15) is 43.8 Å². The molecule has 1 atom stereocenters. The monoisotopic (exact) mass is 518 g/mol. The van der Waals surface area contributed by atoms with Gasteiger partial charge in [-0.15, -0.1) is 16.8 Å². The number of ether oxygens (including phenoxy) is 1. The number of nitrogens with zero attached hydrogens (tertiary/aromatic N) is 3. The molecule has 1 heterocycles. The van der Waals surface area contributed by atoms with Crippen LogP contribution in [0.3, 0.4) is 0 Å². The number of hydrogen-bond donors (Lipinski definition) is 1. The summed E-state index contributed by atoms with van der Waals surface area (Å²) in [4.78, 5) is 12.8. The SMILES string of the molecule is C=CCn1c(SCC(=O)Nc2c(CC)cccc2CC)nnc1C(C)Oc1cc(Cl)ccc1Cl. The van der Waals surface area contributed by atoms with E-state index >= 15 is 0 Å². The summed E-state index contributed by atoms with van der Waals surface area (Å²) >= 11 is 13.6. The highest BCUT2D eigenvalue weighted by Crippen LogP contribution is 2.32. The van der Waals surface area contributed by atoms with Crippen LogP contribution in [-0.2, 0) is 24.2 Å². The van der Waals surface area contributed by atoms with Crippen molar-refractivity contribution >= 4 is 46.6 Å². The first-order valence-corrected chi connectivity index (χ1v) is 12.8. The van der Waals surface area contributed by atoms with Gasteiger partial charge in [-0.1, -0.05) is 73.1 Å². The number of carbonyl (C=O) groups is 1.